The van der Waals surface area contributed by atoms with Crippen molar-refractivity contribution in [3.63, 3.8) is 0 Å². The monoisotopic (exact) mass is 461 g/mol. The molecule has 188 valence electrons. The van der Waals surface area contributed by atoms with Crippen molar-refractivity contribution in [1.82, 2.24) is 26.1 Å². The van der Waals surface area contributed by atoms with Crippen molar-refractivity contribution in [1.29, 1.82) is 0 Å². The van der Waals surface area contributed by atoms with Crippen molar-refractivity contribution in [3.05, 3.63) is 0 Å². The van der Waals surface area contributed by atoms with Crippen molar-refractivity contribution >= 4 is 24.0 Å². The Hall–Kier alpha value is -2.08. The maximum atomic E-state index is 12.2. The van der Waals surface area contributed by atoms with E-state index in [-0.39, 0.29) is 43.5 Å². The van der Waals surface area contributed by atoms with E-state index in [4.69, 9.17) is 4.84 Å². The van der Waals surface area contributed by atoms with Crippen LogP contribution in [0.1, 0.15) is 54.4 Å². The van der Waals surface area contributed by atoms with Crippen LogP contribution in [0.4, 0.5) is 0 Å². The van der Waals surface area contributed by atoms with E-state index >= 15 is 0 Å². The summed E-state index contributed by atoms with van der Waals surface area (Å²) in [5.41, 5.74) is 4.52. The van der Waals surface area contributed by atoms with Gasteiger partial charge in [0.1, 0.15) is 18.4 Å². The molecule has 2 aliphatic rings. The van der Waals surface area contributed by atoms with Crippen LogP contribution in [0.15, 0.2) is 0 Å². The number of amides is 3. The summed E-state index contributed by atoms with van der Waals surface area (Å²) >= 11 is 0. The number of hydroxylamine groups is 2. The van der Waals surface area contributed by atoms with Gasteiger partial charge in [0, 0.05) is 6.54 Å². The highest BCUT2D eigenvalue weighted by Gasteiger charge is 2.33. The molecule has 0 aromatic heterocycles. The summed E-state index contributed by atoms with van der Waals surface area (Å²) in [6.07, 6.45) is 2.35. The van der Waals surface area contributed by atoms with Gasteiger partial charge in [-0.2, -0.15) is 0 Å². The fourth-order valence-electron chi connectivity index (χ4n) is 2.75. The van der Waals surface area contributed by atoms with E-state index in [1.807, 2.05) is 41.5 Å². The molecular formula is C21H43N5O6. The van der Waals surface area contributed by atoms with E-state index in [2.05, 4.69) is 21.1 Å². The van der Waals surface area contributed by atoms with E-state index in [0.717, 1.165) is 19.1 Å². The van der Waals surface area contributed by atoms with Gasteiger partial charge in [0.05, 0.1) is 26.3 Å². The molecule has 0 aliphatic carbocycles. The van der Waals surface area contributed by atoms with Crippen molar-refractivity contribution in [2.24, 2.45) is 0 Å². The van der Waals surface area contributed by atoms with Gasteiger partial charge in [0.25, 0.3) is 11.8 Å². The Kier molecular flexibility index (Phi) is 20.9. The molecule has 2 saturated heterocycles. The van der Waals surface area contributed by atoms with E-state index in [1.54, 1.807) is 11.9 Å². The Morgan fingerprint density at radius 3 is 1.97 bits per heavy atom. The molecule has 2 rings (SSSR count). The molecule has 3 N–H and O–H groups in total. The molecule has 2 heterocycles. The number of hydrogen-bond acceptors (Lipinski definition) is 8. The summed E-state index contributed by atoms with van der Waals surface area (Å²) in [5.74, 6) is -0.441. The van der Waals surface area contributed by atoms with Crippen LogP contribution in [-0.4, -0.2) is 92.3 Å². The van der Waals surface area contributed by atoms with Crippen LogP contribution >= 0.6 is 0 Å². The van der Waals surface area contributed by atoms with Crippen LogP contribution in [0.3, 0.4) is 0 Å². The first-order valence-electron chi connectivity index (χ1n) is 11.4. The molecule has 32 heavy (non-hydrogen) atoms. The first kappa shape index (κ1) is 32.1. The Labute approximate surface area is 192 Å². The summed E-state index contributed by atoms with van der Waals surface area (Å²) in [6.45, 7) is 14.0. The summed E-state index contributed by atoms with van der Waals surface area (Å²) in [4.78, 5) is 57.8. The first-order chi connectivity index (χ1) is 15.5. The van der Waals surface area contributed by atoms with Gasteiger partial charge in [0.15, 0.2) is 0 Å². The zero-order chi connectivity index (χ0) is 24.9. The van der Waals surface area contributed by atoms with Crippen LogP contribution in [0.25, 0.3) is 0 Å². The molecule has 2 aliphatic heterocycles. The van der Waals surface area contributed by atoms with E-state index in [1.165, 1.54) is 4.90 Å². The zero-order valence-corrected chi connectivity index (χ0v) is 20.7. The van der Waals surface area contributed by atoms with Crippen molar-refractivity contribution in [2.75, 3.05) is 46.4 Å². The lowest BCUT2D eigenvalue weighted by Crippen LogP contribution is -2.49. The standard InChI is InChI=1S/C13H23N3O4.C4H8N2O2.2C2H6/c1-3-5-15(7-8-17)12(18)9-16(6-4-2)11-10-20-14-13(11)19;1-5-3-2-8-6-4(3)7;2*1-2/h8,11H,3-7,9-10H2,1-2H3,(H,14,19);3,5H,2H2,1H3,(H,6,7);2*1-2H3. The van der Waals surface area contributed by atoms with Crippen LogP contribution < -0.4 is 16.3 Å². The predicted molar refractivity (Wildman–Crippen MR) is 122 cm³/mol. The number of nitrogens with zero attached hydrogens (tertiary/aromatic N) is 2. The average molecular weight is 462 g/mol. The lowest BCUT2D eigenvalue weighted by atomic mass is 10.2. The lowest BCUT2D eigenvalue weighted by Gasteiger charge is -2.28. The third-order valence-corrected chi connectivity index (χ3v) is 4.24. The molecule has 0 bridgehead atoms. The van der Waals surface area contributed by atoms with Gasteiger partial charge in [-0.3, -0.25) is 29.0 Å². The van der Waals surface area contributed by atoms with E-state index in [0.29, 0.717) is 19.7 Å². The summed E-state index contributed by atoms with van der Waals surface area (Å²) in [6, 6.07) is -0.589. The smallest absolute Gasteiger partial charge is 0.263 e. The fourth-order valence-corrected chi connectivity index (χ4v) is 2.75. The van der Waals surface area contributed by atoms with Crippen LogP contribution in [0, 0.1) is 0 Å². The molecule has 2 atom stereocenters. The third kappa shape index (κ3) is 12.1. The molecule has 0 aromatic carbocycles. The molecule has 3 amide bonds. The Morgan fingerprint density at radius 1 is 1.03 bits per heavy atom. The average Bonchev–Trinajstić information content (AvgIpc) is 3.44. The van der Waals surface area contributed by atoms with Crippen molar-refractivity contribution in [3.8, 4) is 0 Å². The molecular weight excluding hydrogens is 418 g/mol. The van der Waals surface area contributed by atoms with Gasteiger partial charge < -0.3 is 15.0 Å². The maximum Gasteiger partial charge on any atom is 0.263 e. The highest BCUT2D eigenvalue weighted by atomic mass is 16.7. The van der Waals surface area contributed by atoms with Gasteiger partial charge >= 0.3 is 0 Å². The Bertz CT molecular complexity index is 535. The molecule has 0 radical (unpaired) electrons. The molecule has 0 saturated carbocycles. The topological polar surface area (TPSA) is 129 Å². The Morgan fingerprint density at radius 2 is 1.59 bits per heavy atom. The second kappa shape index (κ2) is 20.8. The first-order valence-corrected chi connectivity index (χ1v) is 11.4. The lowest BCUT2D eigenvalue weighted by molar-refractivity contribution is -0.135. The second-order valence-corrected chi connectivity index (χ2v) is 6.39. The van der Waals surface area contributed by atoms with Crippen LogP contribution in [-0.2, 0) is 28.9 Å². The van der Waals surface area contributed by atoms with E-state index in [9.17, 15) is 19.2 Å². The second-order valence-electron chi connectivity index (χ2n) is 6.39. The number of rotatable bonds is 10. The quantitative estimate of drug-likeness (QED) is 0.395. The summed E-state index contributed by atoms with van der Waals surface area (Å²) in [5, 5.41) is 2.78. The highest BCUT2D eigenvalue weighted by molar-refractivity contribution is 5.84. The zero-order valence-electron chi connectivity index (χ0n) is 20.7. The number of nitrogens with one attached hydrogen (secondary N) is 3. The van der Waals surface area contributed by atoms with E-state index < -0.39 is 6.04 Å². The maximum absolute atomic E-state index is 12.2. The summed E-state index contributed by atoms with van der Waals surface area (Å²) in [7, 11) is 1.72. The number of carbonyl (C=O) groups is 4. The number of likely N-dealkylation sites (N-methyl/N-ethyl adjacent to an activating group) is 1. The summed E-state index contributed by atoms with van der Waals surface area (Å²) < 4.78 is 0. The SMILES string of the molecule is CC.CC.CCCN(CC=O)C(=O)CN(CCC)C1CONC1=O.CNC1CONC1=O. The molecule has 11 nitrogen and oxygen atoms in total. The van der Waals surface area contributed by atoms with Crippen molar-refractivity contribution in [2.45, 2.75) is 66.5 Å². The third-order valence-electron chi connectivity index (χ3n) is 4.24. The molecule has 0 aromatic rings. The van der Waals surface area contributed by atoms with Gasteiger partial charge in [-0.25, -0.2) is 11.0 Å². The minimum absolute atomic E-state index is 0.0903. The molecule has 11 heteroatoms. The van der Waals surface area contributed by atoms with Crippen LogP contribution in [0.2, 0.25) is 0 Å². The number of carbonyl (C=O) groups excluding carboxylic acids is 4. The minimum Gasteiger partial charge on any atom is -0.335 e. The van der Waals surface area contributed by atoms with Gasteiger partial charge in [-0.1, -0.05) is 41.5 Å². The van der Waals surface area contributed by atoms with Gasteiger partial charge in [0.2, 0.25) is 5.91 Å². The number of aldehydes is 1. The normalized spacial score (nSPS) is 18.8. The van der Waals surface area contributed by atoms with Gasteiger partial charge in [-0.05, 0) is 26.4 Å². The number of hydrogen-bond donors (Lipinski definition) is 3. The highest BCUT2D eigenvalue weighted by Crippen LogP contribution is 2.08. The molecule has 2 fully saturated rings. The molecule has 0 spiro atoms. The molecule has 2 unspecified atom stereocenters. The van der Waals surface area contributed by atoms with Crippen LogP contribution in [0.5, 0.6) is 0 Å². The van der Waals surface area contributed by atoms with Gasteiger partial charge in [-0.15, -0.1) is 0 Å². The largest absolute Gasteiger partial charge is 0.335 e. The Balaban J connectivity index is 0. The minimum atomic E-state index is -0.432. The van der Waals surface area contributed by atoms with Crippen molar-refractivity contribution < 1.29 is 28.9 Å². The predicted octanol–water partition coefficient (Wildman–Crippen LogP) is 0.254. The fraction of sp³-hybridized carbons (Fsp3) is 0.810.